The van der Waals surface area contributed by atoms with Gasteiger partial charge in [0.25, 0.3) is 11.5 Å². The molecule has 1 N–H and O–H groups in total. The zero-order chi connectivity index (χ0) is 31.8. The number of benzene rings is 2. The van der Waals surface area contributed by atoms with Crippen LogP contribution in [0.25, 0.3) is 6.08 Å². The van der Waals surface area contributed by atoms with Gasteiger partial charge in [0.05, 0.1) is 49.8 Å². The standard InChI is InChI=1S/C28H28N2O8S.C2H4O2/c1-7-37-19-10-8-17(12-21(19)34-4)13-23-26(32)30-25(24(27(33)36-6)15(2)29-28(30)39-23)18-9-11-20(38-16(3)31)22(14-18)35-5;1-2(3)4/h8-14,25H,7H2,1-6H3;1H3,(H,3,4). The predicted molar refractivity (Wildman–Crippen MR) is 158 cm³/mol. The summed E-state index contributed by atoms with van der Waals surface area (Å²) in [5.41, 5.74) is 1.57. The van der Waals surface area contributed by atoms with Crippen LogP contribution in [0.4, 0.5) is 0 Å². The molecule has 1 unspecified atom stereocenters. The smallest absolute Gasteiger partial charge is 0.338 e. The first kappa shape index (κ1) is 32.6. The number of fused-ring (bicyclic) bond motifs is 1. The van der Waals surface area contributed by atoms with E-state index in [9.17, 15) is 14.4 Å². The van der Waals surface area contributed by atoms with Crippen LogP contribution in [0, 0.1) is 0 Å². The molecule has 1 aliphatic heterocycles. The Hall–Kier alpha value is -4.91. The fourth-order valence-corrected chi connectivity index (χ4v) is 5.35. The largest absolute Gasteiger partial charge is 0.493 e. The third kappa shape index (κ3) is 7.49. The van der Waals surface area contributed by atoms with Gasteiger partial charge in [0, 0.05) is 13.8 Å². The van der Waals surface area contributed by atoms with Gasteiger partial charge in [-0.2, -0.15) is 0 Å². The fraction of sp³-hybridized carbons (Fsp3) is 0.300. The lowest BCUT2D eigenvalue weighted by Crippen LogP contribution is -2.39. The summed E-state index contributed by atoms with van der Waals surface area (Å²) in [6.45, 7) is 6.43. The highest BCUT2D eigenvalue weighted by Crippen LogP contribution is 2.36. The van der Waals surface area contributed by atoms with Crippen LogP contribution in [0.3, 0.4) is 0 Å². The molecule has 0 saturated heterocycles. The minimum atomic E-state index is -0.856. The average molecular weight is 613 g/mol. The second kappa shape index (κ2) is 14.3. The van der Waals surface area contributed by atoms with E-state index in [1.165, 1.54) is 37.0 Å². The van der Waals surface area contributed by atoms with Crippen molar-refractivity contribution >= 4 is 35.3 Å². The van der Waals surface area contributed by atoms with E-state index in [1.807, 2.05) is 13.0 Å². The summed E-state index contributed by atoms with van der Waals surface area (Å²) in [6.07, 6.45) is 1.74. The van der Waals surface area contributed by atoms with Crippen molar-refractivity contribution in [1.29, 1.82) is 0 Å². The molecule has 1 atom stereocenters. The minimum absolute atomic E-state index is 0.210. The van der Waals surface area contributed by atoms with Crippen LogP contribution in [0.1, 0.15) is 44.9 Å². The Morgan fingerprint density at radius 3 is 2.21 bits per heavy atom. The Morgan fingerprint density at radius 2 is 1.63 bits per heavy atom. The summed E-state index contributed by atoms with van der Waals surface area (Å²) < 4.78 is 28.6. The monoisotopic (exact) mass is 612 g/mol. The number of thiazole rings is 1. The van der Waals surface area contributed by atoms with Gasteiger partial charge in [-0.25, -0.2) is 9.79 Å². The Kier molecular flexibility index (Phi) is 10.9. The molecule has 0 spiro atoms. The van der Waals surface area contributed by atoms with Crippen LogP contribution < -0.4 is 33.8 Å². The number of hydrogen-bond donors (Lipinski definition) is 1. The molecule has 228 valence electrons. The maximum atomic E-state index is 13.8. The third-order valence-corrected chi connectivity index (χ3v) is 6.95. The van der Waals surface area contributed by atoms with E-state index in [0.29, 0.717) is 38.7 Å². The van der Waals surface area contributed by atoms with Crippen LogP contribution in [0.15, 0.2) is 57.5 Å². The number of nitrogens with zero attached hydrogens (tertiary/aromatic N) is 2. The molecular weight excluding hydrogens is 580 g/mol. The van der Waals surface area contributed by atoms with Gasteiger partial charge in [-0.15, -0.1) is 0 Å². The summed E-state index contributed by atoms with van der Waals surface area (Å²) in [7, 11) is 4.26. The summed E-state index contributed by atoms with van der Waals surface area (Å²) in [5, 5.41) is 7.42. The van der Waals surface area contributed by atoms with Crippen molar-refractivity contribution in [2.75, 3.05) is 27.9 Å². The van der Waals surface area contributed by atoms with Gasteiger partial charge in [0.2, 0.25) is 0 Å². The molecule has 0 aliphatic carbocycles. The maximum Gasteiger partial charge on any atom is 0.338 e. The summed E-state index contributed by atoms with van der Waals surface area (Å²) in [4.78, 5) is 52.2. The maximum absolute atomic E-state index is 13.8. The molecule has 13 heteroatoms. The Morgan fingerprint density at radius 1 is 1.00 bits per heavy atom. The number of carbonyl (C=O) groups is 3. The molecular formula is C30H32N2O10S. The normalized spacial score (nSPS) is 14.0. The van der Waals surface area contributed by atoms with E-state index >= 15 is 0 Å². The van der Waals surface area contributed by atoms with Crippen LogP contribution in [-0.4, -0.2) is 55.5 Å². The molecule has 1 aliphatic rings. The number of carboxylic acid groups (broad SMARTS) is 1. The molecule has 1 aromatic heterocycles. The van der Waals surface area contributed by atoms with Gasteiger partial charge in [0.1, 0.15) is 0 Å². The van der Waals surface area contributed by atoms with Gasteiger partial charge in [-0.1, -0.05) is 23.5 Å². The Bertz CT molecular complexity index is 1750. The molecule has 0 fully saturated rings. The number of ether oxygens (including phenoxy) is 5. The lowest BCUT2D eigenvalue weighted by atomic mass is 9.95. The topological polar surface area (TPSA) is 152 Å². The summed E-state index contributed by atoms with van der Waals surface area (Å²) in [5.74, 6) is -0.333. The lowest BCUT2D eigenvalue weighted by Gasteiger charge is -2.25. The molecule has 2 aromatic carbocycles. The molecule has 0 bridgehead atoms. The number of methoxy groups -OCH3 is 3. The number of allylic oxidation sites excluding steroid dienone is 1. The second-order valence-corrected chi connectivity index (χ2v) is 9.95. The predicted octanol–water partition coefficient (Wildman–Crippen LogP) is 2.84. The van der Waals surface area contributed by atoms with Crippen LogP contribution in [0.2, 0.25) is 0 Å². The van der Waals surface area contributed by atoms with E-state index in [2.05, 4.69) is 4.99 Å². The molecule has 3 aromatic rings. The first-order valence-corrected chi connectivity index (χ1v) is 13.7. The minimum Gasteiger partial charge on any atom is -0.493 e. The number of carboxylic acids is 1. The Labute approximate surface area is 251 Å². The first-order chi connectivity index (χ1) is 20.4. The number of hydrogen-bond acceptors (Lipinski definition) is 11. The highest BCUT2D eigenvalue weighted by Gasteiger charge is 2.33. The van der Waals surface area contributed by atoms with E-state index in [-0.39, 0.29) is 22.6 Å². The Balaban J connectivity index is 0.00000119. The van der Waals surface area contributed by atoms with E-state index in [4.69, 9.17) is 33.6 Å². The molecule has 0 amide bonds. The lowest BCUT2D eigenvalue weighted by molar-refractivity contribution is -0.137. The van der Waals surface area contributed by atoms with E-state index < -0.39 is 23.9 Å². The van der Waals surface area contributed by atoms with Crippen molar-refractivity contribution in [3.63, 3.8) is 0 Å². The van der Waals surface area contributed by atoms with Crippen LogP contribution in [0.5, 0.6) is 23.0 Å². The van der Waals surface area contributed by atoms with Gasteiger partial charge in [0.15, 0.2) is 27.8 Å². The molecule has 0 saturated carbocycles. The van der Waals surface area contributed by atoms with Crippen molar-refractivity contribution in [3.05, 3.63) is 78.5 Å². The quantitative estimate of drug-likeness (QED) is 0.297. The fourth-order valence-electron chi connectivity index (χ4n) is 4.30. The van der Waals surface area contributed by atoms with E-state index in [0.717, 1.165) is 12.5 Å². The number of esters is 2. The molecule has 4 rings (SSSR count). The van der Waals surface area contributed by atoms with Crippen molar-refractivity contribution in [2.24, 2.45) is 4.99 Å². The van der Waals surface area contributed by atoms with E-state index in [1.54, 1.807) is 50.4 Å². The second-order valence-electron chi connectivity index (χ2n) is 8.94. The number of rotatable bonds is 8. The van der Waals surface area contributed by atoms with Crippen molar-refractivity contribution in [1.82, 2.24) is 4.57 Å². The SMILES string of the molecule is CC(=O)O.CCOc1ccc(C=c2sc3n(c2=O)C(c2ccc(OC(C)=O)c(OC)c2)C(C(=O)OC)=C(C)N=3)cc1OC. The van der Waals surface area contributed by atoms with Gasteiger partial charge in [-0.3, -0.25) is 19.0 Å². The number of carbonyl (C=O) groups excluding carboxylic acids is 2. The van der Waals surface area contributed by atoms with Crippen LogP contribution >= 0.6 is 11.3 Å². The molecule has 43 heavy (non-hydrogen) atoms. The molecule has 12 nitrogen and oxygen atoms in total. The highest BCUT2D eigenvalue weighted by atomic mass is 32.1. The molecule has 0 radical (unpaired) electrons. The number of aliphatic carboxylic acids is 1. The highest BCUT2D eigenvalue weighted by molar-refractivity contribution is 7.07. The zero-order valence-electron chi connectivity index (χ0n) is 24.8. The van der Waals surface area contributed by atoms with Gasteiger partial charge >= 0.3 is 11.9 Å². The van der Waals surface area contributed by atoms with Gasteiger partial charge < -0.3 is 28.8 Å². The van der Waals surface area contributed by atoms with Crippen LogP contribution in [-0.2, 0) is 19.1 Å². The van der Waals surface area contributed by atoms with Crippen molar-refractivity contribution in [2.45, 2.75) is 33.7 Å². The first-order valence-electron chi connectivity index (χ1n) is 12.9. The van der Waals surface area contributed by atoms with Gasteiger partial charge in [-0.05, 0) is 55.3 Å². The van der Waals surface area contributed by atoms with Crippen molar-refractivity contribution in [3.8, 4) is 23.0 Å². The molecule has 2 heterocycles. The third-order valence-electron chi connectivity index (χ3n) is 5.97. The summed E-state index contributed by atoms with van der Waals surface area (Å²) >= 11 is 1.20. The summed E-state index contributed by atoms with van der Waals surface area (Å²) in [6, 6.07) is 9.38. The zero-order valence-corrected chi connectivity index (χ0v) is 25.6. The number of aromatic nitrogens is 1. The van der Waals surface area contributed by atoms with Crippen molar-refractivity contribution < 1.29 is 43.2 Å². The average Bonchev–Trinajstić information content (AvgIpc) is 3.26.